The van der Waals surface area contributed by atoms with Crippen LogP contribution >= 0.6 is 11.6 Å². The summed E-state index contributed by atoms with van der Waals surface area (Å²) in [5, 5.41) is 4.06. The number of halogens is 1. The predicted molar refractivity (Wildman–Crippen MR) is 68.6 cm³/mol. The van der Waals surface area contributed by atoms with Gasteiger partial charge in [0.1, 0.15) is 0 Å². The first-order chi connectivity index (χ1) is 8.10. The average Bonchev–Trinajstić information content (AvgIpc) is 2.30. The third-order valence-corrected chi connectivity index (χ3v) is 3.34. The van der Waals surface area contributed by atoms with E-state index < -0.39 is 0 Å². The highest BCUT2D eigenvalue weighted by Gasteiger charge is 2.18. The van der Waals surface area contributed by atoms with Crippen LogP contribution in [0.5, 0.6) is 0 Å². The first kappa shape index (κ1) is 12.2. The molecule has 1 aliphatic heterocycles. The number of aryl methyl sites for hydroxylation is 1. The standard InChI is InChI=1S/C13H16ClNO2/c1-8-3-4-10-5-9(7-12(16)17-2)6-11(14)13(10)15-8/h5-6,8,15H,3-4,7H2,1-2H3. The molecule has 1 N–H and O–H groups in total. The minimum atomic E-state index is -0.238. The number of rotatable bonds is 2. The maximum absolute atomic E-state index is 11.2. The number of carbonyl (C=O) groups excluding carboxylic acids is 1. The van der Waals surface area contributed by atoms with Gasteiger partial charge in [0.2, 0.25) is 0 Å². The Balaban J connectivity index is 2.28. The molecule has 1 atom stereocenters. The third kappa shape index (κ3) is 2.72. The van der Waals surface area contributed by atoms with Gasteiger partial charge in [0.15, 0.2) is 0 Å². The van der Waals surface area contributed by atoms with Crippen molar-refractivity contribution in [2.75, 3.05) is 12.4 Å². The lowest BCUT2D eigenvalue weighted by molar-refractivity contribution is -0.139. The summed E-state index contributed by atoms with van der Waals surface area (Å²) in [5.74, 6) is -0.238. The summed E-state index contributed by atoms with van der Waals surface area (Å²) < 4.78 is 4.66. The second kappa shape index (κ2) is 4.96. The molecule has 1 heterocycles. The molecule has 0 spiro atoms. The molecule has 0 bridgehead atoms. The molecule has 4 heteroatoms. The van der Waals surface area contributed by atoms with Gasteiger partial charge in [-0.1, -0.05) is 17.7 Å². The summed E-state index contributed by atoms with van der Waals surface area (Å²) in [6, 6.07) is 4.32. The van der Waals surface area contributed by atoms with Crippen LogP contribution in [-0.2, 0) is 22.4 Å². The van der Waals surface area contributed by atoms with Gasteiger partial charge in [-0.3, -0.25) is 4.79 Å². The Morgan fingerprint density at radius 1 is 1.59 bits per heavy atom. The molecule has 3 nitrogen and oxygen atoms in total. The maximum Gasteiger partial charge on any atom is 0.309 e. The second-order valence-corrected chi connectivity index (χ2v) is 4.86. The summed E-state index contributed by atoms with van der Waals surface area (Å²) in [5.41, 5.74) is 3.12. The molecule has 1 aromatic rings. The second-order valence-electron chi connectivity index (χ2n) is 4.45. The Morgan fingerprint density at radius 2 is 2.35 bits per heavy atom. The van der Waals surface area contributed by atoms with Gasteiger partial charge in [0.05, 0.1) is 24.2 Å². The van der Waals surface area contributed by atoms with Crippen molar-refractivity contribution < 1.29 is 9.53 Å². The fraction of sp³-hybridized carbons (Fsp3) is 0.462. The van der Waals surface area contributed by atoms with Crippen LogP contribution in [0, 0.1) is 0 Å². The van der Waals surface area contributed by atoms with Crippen molar-refractivity contribution in [3.8, 4) is 0 Å². The van der Waals surface area contributed by atoms with E-state index in [0.29, 0.717) is 11.1 Å². The van der Waals surface area contributed by atoms with Crippen LogP contribution in [0.4, 0.5) is 5.69 Å². The summed E-state index contributed by atoms with van der Waals surface area (Å²) in [6.45, 7) is 2.14. The molecule has 0 aromatic heterocycles. The Bertz CT molecular complexity index is 445. The highest BCUT2D eigenvalue weighted by molar-refractivity contribution is 6.33. The Labute approximate surface area is 106 Å². The van der Waals surface area contributed by atoms with Crippen LogP contribution < -0.4 is 5.32 Å². The quantitative estimate of drug-likeness (QED) is 0.824. The molecule has 0 saturated heterocycles. The van der Waals surface area contributed by atoms with E-state index in [-0.39, 0.29) is 12.4 Å². The fourth-order valence-electron chi connectivity index (χ4n) is 2.12. The highest BCUT2D eigenvalue weighted by Crippen LogP contribution is 2.33. The minimum absolute atomic E-state index is 0.238. The van der Waals surface area contributed by atoms with Crippen LogP contribution in [-0.4, -0.2) is 19.1 Å². The van der Waals surface area contributed by atoms with Gasteiger partial charge in [-0.25, -0.2) is 0 Å². The Kier molecular flexibility index (Phi) is 3.57. The van der Waals surface area contributed by atoms with Gasteiger partial charge in [-0.15, -0.1) is 0 Å². The van der Waals surface area contributed by atoms with E-state index in [1.807, 2.05) is 12.1 Å². The van der Waals surface area contributed by atoms with Crippen molar-refractivity contribution in [2.24, 2.45) is 0 Å². The molecule has 0 amide bonds. The lowest BCUT2D eigenvalue weighted by Gasteiger charge is -2.25. The Morgan fingerprint density at radius 3 is 3.06 bits per heavy atom. The van der Waals surface area contributed by atoms with E-state index in [1.165, 1.54) is 12.7 Å². The van der Waals surface area contributed by atoms with E-state index in [9.17, 15) is 4.79 Å². The molecule has 0 radical (unpaired) electrons. The molecule has 0 aliphatic carbocycles. The Hall–Kier alpha value is -1.22. The van der Waals surface area contributed by atoms with E-state index in [0.717, 1.165) is 24.1 Å². The molecular formula is C13H16ClNO2. The van der Waals surface area contributed by atoms with E-state index in [2.05, 4.69) is 17.0 Å². The van der Waals surface area contributed by atoms with E-state index >= 15 is 0 Å². The number of nitrogens with one attached hydrogen (secondary N) is 1. The number of carbonyl (C=O) groups is 1. The zero-order valence-corrected chi connectivity index (χ0v) is 10.8. The molecule has 92 valence electrons. The summed E-state index contributed by atoms with van der Waals surface area (Å²) in [4.78, 5) is 11.2. The summed E-state index contributed by atoms with van der Waals surface area (Å²) in [7, 11) is 1.39. The summed E-state index contributed by atoms with van der Waals surface area (Å²) >= 11 is 6.22. The van der Waals surface area contributed by atoms with Crippen LogP contribution in [0.1, 0.15) is 24.5 Å². The first-order valence-corrected chi connectivity index (χ1v) is 6.12. The molecule has 0 fully saturated rings. The molecular weight excluding hydrogens is 238 g/mol. The van der Waals surface area contributed by atoms with Crippen LogP contribution in [0.2, 0.25) is 5.02 Å². The van der Waals surface area contributed by atoms with E-state index in [4.69, 9.17) is 11.6 Å². The van der Waals surface area contributed by atoms with Crippen LogP contribution in [0.25, 0.3) is 0 Å². The number of hydrogen-bond donors (Lipinski definition) is 1. The van der Waals surface area contributed by atoms with Crippen molar-refractivity contribution in [1.29, 1.82) is 0 Å². The largest absolute Gasteiger partial charge is 0.469 e. The predicted octanol–water partition coefficient (Wildman–Crippen LogP) is 2.80. The van der Waals surface area contributed by atoms with Crippen LogP contribution in [0.15, 0.2) is 12.1 Å². The maximum atomic E-state index is 11.2. The number of esters is 1. The van der Waals surface area contributed by atoms with Crippen molar-refractivity contribution in [3.63, 3.8) is 0 Å². The molecule has 1 aromatic carbocycles. The number of fused-ring (bicyclic) bond motifs is 1. The SMILES string of the molecule is COC(=O)Cc1cc(Cl)c2c(c1)CCC(C)N2. The monoisotopic (exact) mass is 253 g/mol. The fourth-order valence-corrected chi connectivity index (χ4v) is 2.43. The number of hydrogen-bond acceptors (Lipinski definition) is 3. The van der Waals surface area contributed by atoms with Crippen molar-refractivity contribution in [2.45, 2.75) is 32.2 Å². The molecule has 0 saturated carbocycles. The molecule has 17 heavy (non-hydrogen) atoms. The number of benzene rings is 1. The number of methoxy groups -OCH3 is 1. The topological polar surface area (TPSA) is 38.3 Å². The normalized spacial score (nSPS) is 18.2. The van der Waals surface area contributed by atoms with Gasteiger partial charge in [0.25, 0.3) is 0 Å². The third-order valence-electron chi connectivity index (χ3n) is 3.05. The van der Waals surface area contributed by atoms with Gasteiger partial charge < -0.3 is 10.1 Å². The van der Waals surface area contributed by atoms with E-state index in [1.54, 1.807) is 0 Å². The smallest absolute Gasteiger partial charge is 0.309 e. The van der Waals surface area contributed by atoms with Gasteiger partial charge in [-0.05, 0) is 37.0 Å². The average molecular weight is 254 g/mol. The zero-order valence-electron chi connectivity index (χ0n) is 10.0. The van der Waals surface area contributed by atoms with Crippen molar-refractivity contribution in [1.82, 2.24) is 0 Å². The summed E-state index contributed by atoms with van der Waals surface area (Å²) in [6.07, 6.45) is 2.36. The van der Waals surface area contributed by atoms with Gasteiger partial charge in [-0.2, -0.15) is 0 Å². The highest BCUT2D eigenvalue weighted by atomic mass is 35.5. The minimum Gasteiger partial charge on any atom is -0.469 e. The zero-order chi connectivity index (χ0) is 12.4. The lowest BCUT2D eigenvalue weighted by atomic mass is 9.96. The lowest BCUT2D eigenvalue weighted by Crippen LogP contribution is -2.22. The van der Waals surface area contributed by atoms with Crippen molar-refractivity contribution >= 4 is 23.3 Å². The van der Waals surface area contributed by atoms with Crippen LogP contribution in [0.3, 0.4) is 0 Å². The molecule has 1 aliphatic rings. The molecule has 1 unspecified atom stereocenters. The number of ether oxygens (including phenoxy) is 1. The first-order valence-electron chi connectivity index (χ1n) is 5.75. The number of anilines is 1. The molecule has 2 rings (SSSR count). The van der Waals surface area contributed by atoms with Crippen molar-refractivity contribution in [3.05, 3.63) is 28.3 Å². The van der Waals surface area contributed by atoms with Gasteiger partial charge >= 0.3 is 5.97 Å². The van der Waals surface area contributed by atoms with Gasteiger partial charge in [0, 0.05) is 6.04 Å².